The first-order valence-corrected chi connectivity index (χ1v) is 15.4. The number of anilines is 1. The van der Waals surface area contributed by atoms with E-state index in [0.29, 0.717) is 12.2 Å². The summed E-state index contributed by atoms with van der Waals surface area (Å²) in [5.41, 5.74) is 1.65. The van der Waals surface area contributed by atoms with Gasteiger partial charge in [-0.25, -0.2) is 0 Å². The van der Waals surface area contributed by atoms with Crippen molar-refractivity contribution >= 4 is 45.9 Å². The number of thioether (sulfide) groups is 1. The monoisotopic (exact) mass is 571 g/mol. The Kier molecular flexibility index (Phi) is 7.32. The van der Waals surface area contributed by atoms with Crippen LogP contribution in [0.5, 0.6) is 0 Å². The molecule has 0 aromatic heterocycles. The second-order valence-electron chi connectivity index (χ2n) is 12.0. The topological polar surface area (TPSA) is 98.7 Å². The zero-order chi connectivity index (χ0) is 28.9. The number of carbonyl (C=O) groups is 3. The molecule has 3 N–H and O–H groups in total. The number of nitrogens with zero attached hydrogens (tertiary/aromatic N) is 1. The maximum Gasteiger partial charge on any atom is 0.248 e. The maximum atomic E-state index is 14.4. The molecule has 3 aliphatic rings. The van der Waals surface area contributed by atoms with Gasteiger partial charge in [0.2, 0.25) is 17.7 Å². The largest absolute Gasteiger partial charge is 0.394 e. The van der Waals surface area contributed by atoms with Gasteiger partial charge in [-0.2, -0.15) is 0 Å². The number of aliphatic hydroxyl groups excluding tert-OH is 1. The summed E-state index contributed by atoms with van der Waals surface area (Å²) in [5, 5.41) is 18.7. The van der Waals surface area contributed by atoms with E-state index in [1.165, 1.54) is 0 Å². The van der Waals surface area contributed by atoms with Gasteiger partial charge < -0.3 is 20.6 Å². The highest BCUT2D eigenvalue weighted by Crippen LogP contribution is 2.69. The molecular formula is C33H37N3O4S. The van der Waals surface area contributed by atoms with E-state index >= 15 is 0 Å². The number of hydrogen-bond donors (Lipinski definition) is 3. The van der Waals surface area contributed by atoms with Crippen molar-refractivity contribution in [3.05, 3.63) is 78.4 Å². The van der Waals surface area contributed by atoms with Crippen molar-refractivity contribution in [2.24, 2.45) is 23.7 Å². The number of likely N-dealkylation sites (tertiary alicyclic amines) is 1. The number of aliphatic hydroxyl groups is 1. The summed E-state index contributed by atoms with van der Waals surface area (Å²) in [6.45, 7) is 6.15. The Hall–Kier alpha value is -3.36. The summed E-state index contributed by atoms with van der Waals surface area (Å²) in [6, 6.07) is 22.1. The third-order valence-electron chi connectivity index (χ3n) is 9.37. The zero-order valence-electron chi connectivity index (χ0n) is 23.6. The first kappa shape index (κ1) is 27.8. The summed E-state index contributed by atoms with van der Waals surface area (Å²) in [6.07, 6.45) is 0.761. The Morgan fingerprint density at radius 2 is 1.73 bits per heavy atom. The first-order valence-electron chi connectivity index (χ1n) is 14.5. The molecule has 214 valence electrons. The van der Waals surface area contributed by atoms with Crippen LogP contribution in [0.1, 0.15) is 32.8 Å². The minimum atomic E-state index is -0.803. The number of carbonyl (C=O) groups excluding carboxylic acids is 3. The van der Waals surface area contributed by atoms with Crippen LogP contribution >= 0.6 is 11.8 Å². The summed E-state index contributed by atoms with van der Waals surface area (Å²) >= 11 is 1.65. The Morgan fingerprint density at radius 1 is 1.02 bits per heavy atom. The molecule has 7 atom stereocenters. The third-order valence-corrected chi connectivity index (χ3v) is 11.5. The molecule has 41 heavy (non-hydrogen) atoms. The molecule has 3 unspecified atom stereocenters. The van der Waals surface area contributed by atoms with Crippen molar-refractivity contribution in [1.29, 1.82) is 0 Å². The molecule has 3 aromatic carbocycles. The highest BCUT2D eigenvalue weighted by molar-refractivity contribution is 8.02. The van der Waals surface area contributed by atoms with Gasteiger partial charge >= 0.3 is 0 Å². The van der Waals surface area contributed by atoms with Crippen molar-refractivity contribution in [3.63, 3.8) is 0 Å². The molecule has 3 heterocycles. The standard InChI is InChI=1S/C33H37N3O4S/c1-19(2)25(18-37)36-29(31(39)35-24-14-13-22-11-7-8-12-23(22)16-24)33-20(3)15-26(41-33)27(28(33)32(36)40)30(38)34-17-21-9-5-4-6-10-21/h4-14,16,19-20,25-29,37H,15,17-18H2,1-3H3,(H,34,38)(H,35,39)/t20?,25-,26+,27-,28-,29?,33?/m0/s1. The summed E-state index contributed by atoms with van der Waals surface area (Å²) in [4.78, 5) is 44.1. The molecule has 8 heteroatoms. The van der Waals surface area contributed by atoms with Gasteiger partial charge in [0, 0.05) is 17.5 Å². The van der Waals surface area contributed by atoms with Crippen LogP contribution in [0.25, 0.3) is 10.8 Å². The fourth-order valence-electron chi connectivity index (χ4n) is 7.42. The molecule has 3 saturated heterocycles. The van der Waals surface area contributed by atoms with Crippen LogP contribution in [0, 0.1) is 23.7 Å². The molecule has 3 fully saturated rings. The van der Waals surface area contributed by atoms with Gasteiger partial charge in [0.1, 0.15) is 6.04 Å². The number of nitrogens with one attached hydrogen (secondary N) is 2. The molecule has 2 bridgehead atoms. The number of benzene rings is 3. The van der Waals surface area contributed by atoms with Crippen molar-refractivity contribution in [2.75, 3.05) is 11.9 Å². The van der Waals surface area contributed by atoms with E-state index in [1.807, 2.05) is 86.6 Å². The smallest absolute Gasteiger partial charge is 0.248 e. The van der Waals surface area contributed by atoms with Crippen LogP contribution in [-0.2, 0) is 20.9 Å². The fourth-order valence-corrected chi connectivity index (χ4v) is 9.83. The summed E-state index contributed by atoms with van der Waals surface area (Å²) < 4.78 is -0.750. The molecule has 0 saturated carbocycles. The number of hydrogen-bond acceptors (Lipinski definition) is 5. The van der Waals surface area contributed by atoms with Crippen LogP contribution in [0.15, 0.2) is 72.8 Å². The second kappa shape index (κ2) is 10.8. The van der Waals surface area contributed by atoms with Crippen molar-refractivity contribution in [3.8, 4) is 0 Å². The van der Waals surface area contributed by atoms with Gasteiger partial charge in [-0.1, -0.05) is 81.4 Å². The van der Waals surface area contributed by atoms with E-state index in [-0.39, 0.29) is 41.4 Å². The maximum absolute atomic E-state index is 14.4. The molecule has 7 nitrogen and oxygen atoms in total. The lowest BCUT2D eigenvalue weighted by atomic mass is 9.66. The lowest BCUT2D eigenvalue weighted by Crippen LogP contribution is -2.58. The quantitative estimate of drug-likeness (QED) is 0.371. The molecule has 6 rings (SSSR count). The highest BCUT2D eigenvalue weighted by atomic mass is 32.2. The van der Waals surface area contributed by atoms with Gasteiger partial charge in [-0.05, 0) is 46.7 Å². The second-order valence-corrected chi connectivity index (χ2v) is 13.6. The Morgan fingerprint density at radius 3 is 2.44 bits per heavy atom. The Labute approximate surface area is 245 Å². The Balaban J connectivity index is 1.35. The van der Waals surface area contributed by atoms with E-state index in [1.54, 1.807) is 16.7 Å². The molecule has 3 aromatic rings. The average molecular weight is 572 g/mol. The van der Waals surface area contributed by atoms with Crippen LogP contribution in [-0.4, -0.2) is 56.4 Å². The fraction of sp³-hybridized carbons (Fsp3) is 0.424. The molecule has 0 aliphatic carbocycles. The van der Waals surface area contributed by atoms with Crippen LogP contribution in [0.4, 0.5) is 5.69 Å². The lowest BCUT2D eigenvalue weighted by Gasteiger charge is -2.40. The third kappa shape index (κ3) is 4.52. The molecule has 1 spiro atoms. The number of amides is 3. The van der Waals surface area contributed by atoms with Gasteiger partial charge in [-0.15, -0.1) is 11.8 Å². The van der Waals surface area contributed by atoms with E-state index in [9.17, 15) is 19.5 Å². The average Bonchev–Trinajstić information content (AvgIpc) is 3.56. The predicted octanol–water partition coefficient (Wildman–Crippen LogP) is 4.45. The number of rotatable bonds is 8. The minimum Gasteiger partial charge on any atom is -0.394 e. The highest BCUT2D eigenvalue weighted by Gasteiger charge is 2.76. The van der Waals surface area contributed by atoms with E-state index in [2.05, 4.69) is 17.6 Å². The van der Waals surface area contributed by atoms with Crippen LogP contribution < -0.4 is 10.6 Å². The Bertz CT molecular complexity index is 1480. The van der Waals surface area contributed by atoms with Gasteiger partial charge in [-0.3, -0.25) is 14.4 Å². The summed E-state index contributed by atoms with van der Waals surface area (Å²) in [7, 11) is 0. The lowest BCUT2D eigenvalue weighted by molar-refractivity contribution is -0.143. The normalized spacial score (nSPS) is 29.1. The van der Waals surface area contributed by atoms with Crippen LogP contribution in [0.3, 0.4) is 0 Å². The van der Waals surface area contributed by atoms with E-state index in [4.69, 9.17) is 0 Å². The molecule has 3 amide bonds. The van der Waals surface area contributed by atoms with E-state index in [0.717, 1.165) is 22.8 Å². The van der Waals surface area contributed by atoms with Crippen LogP contribution in [0.2, 0.25) is 0 Å². The first-order chi connectivity index (χ1) is 19.8. The van der Waals surface area contributed by atoms with Gasteiger partial charge in [0.25, 0.3) is 0 Å². The van der Waals surface area contributed by atoms with Crippen molar-refractivity contribution in [2.45, 2.75) is 55.8 Å². The molecule has 0 radical (unpaired) electrons. The predicted molar refractivity (Wildman–Crippen MR) is 162 cm³/mol. The SMILES string of the molecule is CC(C)[C@H](CO)N1C(=O)[C@@H]2[C@@H](C(=O)NCc3ccccc3)[C@H]3CC(C)C2(S3)C1C(=O)Nc1ccc2ccccc2c1. The minimum absolute atomic E-state index is 0.0422. The van der Waals surface area contributed by atoms with Crippen molar-refractivity contribution < 1.29 is 19.5 Å². The van der Waals surface area contributed by atoms with Crippen molar-refractivity contribution in [1.82, 2.24) is 10.2 Å². The molecule has 3 aliphatic heterocycles. The number of fused-ring (bicyclic) bond motifs is 2. The summed E-state index contributed by atoms with van der Waals surface area (Å²) in [5.74, 6) is -1.78. The molecular weight excluding hydrogens is 534 g/mol. The zero-order valence-corrected chi connectivity index (χ0v) is 24.4. The van der Waals surface area contributed by atoms with Gasteiger partial charge in [0.15, 0.2) is 0 Å². The van der Waals surface area contributed by atoms with Gasteiger partial charge in [0.05, 0.1) is 29.2 Å². The van der Waals surface area contributed by atoms with E-state index < -0.39 is 28.7 Å².